The predicted molar refractivity (Wildman–Crippen MR) is 108 cm³/mol. The van der Waals surface area contributed by atoms with E-state index in [4.69, 9.17) is 4.74 Å². The maximum absolute atomic E-state index is 13.1. The summed E-state index contributed by atoms with van der Waals surface area (Å²) in [6.07, 6.45) is 1.01. The monoisotopic (exact) mass is 432 g/mol. The minimum Gasteiger partial charge on any atom is -0.466 e. The summed E-state index contributed by atoms with van der Waals surface area (Å²) in [7, 11) is 0. The summed E-state index contributed by atoms with van der Waals surface area (Å²) in [5, 5.41) is 0.135. The third-order valence-electron chi connectivity index (χ3n) is 4.54. The van der Waals surface area contributed by atoms with Crippen molar-refractivity contribution in [3.63, 3.8) is 0 Å². The van der Waals surface area contributed by atoms with Gasteiger partial charge in [-0.3, -0.25) is 9.59 Å². The smallest absolute Gasteiger partial charge is 0.306 e. The van der Waals surface area contributed by atoms with Crippen LogP contribution in [0.2, 0.25) is 0 Å². The highest BCUT2D eigenvalue weighted by Gasteiger charge is 2.41. The van der Waals surface area contributed by atoms with Gasteiger partial charge in [0.15, 0.2) is 5.78 Å². The van der Waals surface area contributed by atoms with E-state index in [-0.39, 0.29) is 34.6 Å². The van der Waals surface area contributed by atoms with Crippen molar-refractivity contribution < 1.29 is 14.3 Å². The van der Waals surface area contributed by atoms with Crippen molar-refractivity contribution in [1.29, 1.82) is 0 Å². The van der Waals surface area contributed by atoms with E-state index in [1.54, 1.807) is 18.7 Å². The van der Waals surface area contributed by atoms with Gasteiger partial charge >= 0.3 is 5.97 Å². The van der Waals surface area contributed by atoms with Crippen LogP contribution in [0, 0.1) is 5.92 Å². The molecule has 0 amide bonds. The molecule has 5 heteroatoms. The minimum atomic E-state index is -0.231. The normalized spacial score (nSPS) is 22.2. The number of benzene rings is 2. The first-order valence-electron chi connectivity index (χ1n) is 8.74. The molecule has 136 valence electrons. The Bertz CT molecular complexity index is 778. The fourth-order valence-corrected chi connectivity index (χ4v) is 5.45. The van der Waals surface area contributed by atoms with Gasteiger partial charge in [0.2, 0.25) is 0 Å². The van der Waals surface area contributed by atoms with Crippen LogP contribution < -0.4 is 0 Å². The minimum absolute atomic E-state index is 0.0641. The quantitative estimate of drug-likeness (QED) is 0.449. The predicted octanol–water partition coefficient (Wildman–Crippen LogP) is 5.45. The van der Waals surface area contributed by atoms with Crippen molar-refractivity contribution in [2.75, 3.05) is 6.61 Å². The summed E-state index contributed by atoms with van der Waals surface area (Å²) >= 11 is 5.23. The SMILES string of the molecule is CCOC(=O)C[C@@H]1S[C@H](c2cccc(Br)c2)C[C@H]1C(=O)c1ccccc1. The molecule has 2 aromatic rings. The van der Waals surface area contributed by atoms with Crippen molar-refractivity contribution in [2.45, 2.75) is 30.3 Å². The fraction of sp³-hybridized carbons (Fsp3) is 0.333. The number of Topliss-reactive ketones (excluding diaryl/α,β-unsaturated/α-hetero) is 1. The Labute approximate surface area is 166 Å². The first-order chi connectivity index (χ1) is 12.6. The van der Waals surface area contributed by atoms with E-state index in [1.807, 2.05) is 42.5 Å². The summed E-state index contributed by atoms with van der Waals surface area (Å²) in [4.78, 5) is 25.1. The largest absolute Gasteiger partial charge is 0.466 e. The highest BCUT2D eigenvalue weighted by atomic mass is 79.9. The maximum atomic E-state index is 13.1. The van der Waals surface area contributed by atoms with Crippen LogP contribution in [-0.2, 0) is 9.53 Å². The lowest BCUT2D eigenvalue weighted by Crippen LogP contribution is -2.25. The second kappa shape index (κ2) is 8.87. The number of ketones is 1. The van der Waals surface area contributed by atoms with E-state index in [2.05, 4.69) is 28.1 Å². The van der Waals surface area contributed by atoms with Gasteiger partial charge in [-0.25, -0.2) is 0 Å². The molecule has 1 fully saturated rings. The van der Waals surface area contributed by atoms with Crippen LogP contribution in [0.4, 0.5) is 0 Å². The summed E-state index contributed by atoms with van der Waals surface area (Å²) < 4.78 is 6.15. The van der Waals surface area contributed by atoms with E-state index in [0.717, 1.165) is 10.9 Å². The van der Waals surface area contributed by atoms with Crippen LogP contribution in [0.15, 0.2) is 59.1 Å². The molecule has 0 aromatic heterocycles. The summed E-state index contributed by atoms with van der Waals surface area (Å²) in [6, 6.07) is 17.5. The topological polar surface area (TPSA) is 43.4 Å². The highest BCUT2D eigenvalue weighted by Crippen LogP contribution is 2.50. The molecule has 0 unspecified atom stereocenters. The van der Waals surface area contributed by atoms with Gasteiger partial charge in [-0.1, -0.05) is 58.4 Å². The molecule has 1 saturated heterocycles. The molecule has 1 aliphatic rings. The van der Waals surface area contributed by atoms with Crippen LogP contribution >= 0.6 is 27.7 Å². The number of thioether (sulfide) groups is 1. The van der Waals surface area contributed by atoms with Crippen LogP contribution in [0.1, 0.15) is 40.9 Å². The molecule has 0 aliphatic carbocycles. The van der Waals surface area contributed by atoms with E-state index in [9.17, 15) is 9.59 Å². The molecule has 0 radical (unpaired) electrons. The van der Waals surface area contributed by atoms with E-state index >= 15 is 0 Å². The first kappa shape index (κ1) is 19.2. The van der Waals surface area contributed by atoms with Crippen molar-refractivity contribution in [3.05, 3.63) is 70.2 Å². The van der Waals surface area contributed by atoms with E-state index in [0.29, 0.717) is 12.2 Å². The number of carbonyl (C=O) groups is 2. The average molecular weight is 433 g/mol. The molecule has 1 aliphatic heterocycles. The number of esters is 1. The van der Waals surface area contributed by atoms with Crippen molar-refractivity contribution in [1.82, 2.24) is 0 Å². The molecule has 3 rings (SSSR count). The van der Waals surface area contributed by atoms with Gasteiger partial charge < -0.3 is 4.74 Å². The zero-order valence-electron chi connectivity index (χ0n) is 14.6. The maximum Gasteiger partial charge on any atom is 0.306 e. The number of ether oxygens (including phenoxy) is 1. The molecule has 0 saturated carbocycles. The van der Waals surface area contributed by atoms with E-state index < -0.39 is 0 Å². The molecule has 0 spiro atoms. The molecule has 0 bridgehead atoms. The fourth-order valence-electron chi connectivity index (χ4n) is 3.33. The van der Waals surface area contributed by atoms with Gasteiger partial charge in [-0.15, -0.1) is 11.8 Å². The molecular weight excluding hydrogens is 412 g/mol. The summed E-state index contributed by atoms with van der Waals surface area (Å²) in [5.41, 5.74) is 1.89. The van der Waals surface area contributed by atoms with Crippen molar-refractivity contribution in [2.24, 2.45) is 5.92 Å². The molecular formula is C21H21BrO3S. The summed E-state index contributed by atoms with van der Waals surface area (Å²) in [6.45, 7) is 2.17. The van der Waals surface area contributed by atoms with Crippen LogP contribution in [0.3, 0.4) is 0 Å². The van der Waals surface area contributed by atoms with Gasteiger partial charge in [-0.2, -0.15) is 0 Å². The first-order valence-corrected chi connectivity index (χ1v) is 10.5. The number of halogens is 1. The van der Waals surface area contributed by atoms with Crippen molar-refractivity contribution in [3.8, 4) is 0 Å². The Hall–Kier alpha value is -1.59. The van der Waals surface area contributed by atoms with Crippen LogP contribution in [0.5, 0.6) is 0 Å². The third kappa shape index (κ3) is 4.57. The van der Waals surface area contributed by atoms with Gasteiger partial charge in [-0.05, 0) is 31.0 Å². The number of rotatable bonds is 6. The van der Waals surface area contributed by atoms with Gasteiger partial charge in [0, 0.05) is 26.5 Å². The third-order valence-corrected chi connectivity index (χ3v) is 6.68. The van der Waals surface area contributed by atoms with Gasteiger partial charge in [0.05, 0.1) is 13.0 Å². The van der Waals surface area contributed by atoms with Crippen LogP contribution in [-0.4, -0.2) is 23.6 Å². The Morgan fingerprint density at radius 2 is 1.92 bits per heavy atom. The zero-order valence-corrected chi connectivity index (χ0v) is 17.0. The Kier molecular flexibility index (Phi) is 6.54. The van der Waals surface area contributed by atoms with Gasteiger partial charge in [0.1, 0.15) is 0 Å². The van der Waals surface area contributed by atoms with E-state index in [1.165, 1.54) is 5.56 Å². The molecule has 0 N–H and O–H groups in total. The molecule has 1 heterocycles. The highest BCUT2D eigenvalue weighted by molar-refractivity contribution is 9.10. The Morgan fingerprint density at radius 3 is 2.62 bits per heavy atom. The molecule has 3 nitrogen and oxygen atoms in total. The average Bonchev–Trinajstić information content (AvgIpc) is 3.06. The Morgan fingerprint density at radius 1 is 1.15 bits per heavy atom. The van der Waals surface area contributed by atoms with Gasteiger partial charge in [0.25, 0.3) is 0 Å². The second-order valence-corrected chi connectivity index (χ2v) is 8.66. The van der Waals surface area contributed by atoms with Crippen LogP contribution in [0.25, 0.3) is 0 Å². The Balaban J connectivity index is 1.83. The standard InChI is InChI=1S/C21H21BrO3S/c1-2-25-20(23)13-19-17(21(24)14-7-4-3-5-8-14)12-18(26-19)15-9-6-10-16(22)11-15/h3-11,17-19H,2,12-13H2,1H3/t17-,18+,19+/m1/s1. The molecule has 2 aromatic carbocycles. The number of carbonyl (C=O) groups excluding carboxylic acids is 2. The summed E-state index contributed by atoms with van der Waals surface area (Å²) in [5.74, 6) is -0.300. The second-order valence-electron chi connectivity index (χ2n) is 6.30. The lowest BCUT2D eigenvalue weighted by Gasteiger charge is -2.16. The zero-order chi connectivity index (χ0) is 18.5. The number of hydrogen-bond acceptors (Lipinski definition) is 4. The lowest BCUT2D eigenvalue weighted by molar-refractivity contribution is -0.143. The lowest BCUT2D eigenvalue weighted by atomic mass is 9.88. The number of hydrogen-bond donors (Lipinski definition) is 0. The van der Waals surface area contributed by atoms with Crippen molar-refractivity contribution >= 4 is 39.4 Å². The molecule has 3 atom stereocenters. The molecule has 26 heavy (non-hydrogen) atoms.